The quantitative estimate of drug-likeness (QED) is 0.788. The third-order valence-electron chi connectivity index (χ3n) is 4.17. The Hall–Kier alpha value is -2.22. The summed E-state index contributed by atoms with van der Waals surface area (Å²) in [5.41, 5.74) is 2.67. The summed E-state index contributed by atoms with van der Waals surface area (Å²) >= 11 is 0. The van der Waals surface area contributed by atoms with Gasteiger partial charge in [-0.2, -0.15) is 5.10 Å². The van der Waals surface area contributed by atoms with Crippen LogP contribution in [0.1, 0.15) is 18.1 Å². The average molecular weight is 373 g/mol. The number of hydrogen-bond acceptors (Lipinski definition) is 5. The topological polar surface area (TPSA) is 71.0 Å². The van der Waals surface area contributed by atoms with Crippen molar-refractivity contribution in [3.8, 4) is 0 Å². The first-order valence-electron chi connectivity index (χ1n) is 8.56. The van der Waals surface area contributed by atoms with E-state index in [9.17, 15) is 8.42 Å². The van der Waals surface area contributed by atoms with Crippen molar-refractivity contribution in [3.05, 3.63) is 65.7 Å². The van der Waals surface area contributed by atoms with Gasteiger partial charge in [0, 0.05) is 6.54 Å². The maximum atomic E-state index is 12.4. The predicted molar refractivity (Wildman–Crippen MR) is 102 cm³/mol. The first-order chi connectivity index (χ1) is 12.5. The molecule has 1 N–H and O–H groups in total. The molecular weight excluding hydrogens is 350 g/mol. The Morgan fingerprint density at radius 2 is 1.73 bits per heavy atom. The summed E-state index contributed by atoms with van der Waals surface area (Å²) in [6, 6.07) is 16.2. The monoisotopic (exact) mass is 373 g/mol. The van der Waals surface area contributed by atoms with Crippen molar-refractivity contribution in [1.82, 2.24) is 9.73 Å². The average Bonchev–Trinajstić information content (AvgIpc) is 2.68. The molecule has 6 nitrogen and oxygen atoms in total. The zero-order valence-electron chi connectivity index (χ0n) is 14.8. The molecule has 3 rings (SSSR count). The third-order valence-corrected chi connectivity index (χ3v) is 5.59. The molecule has 0 amide bonds. The van der Waals surface area contributed by atoms with E-state index in [1.165, 1.54) is 0 Å². The molecule has 7 heteroatoms. The largest absolute Gasteiger partial charge is 0.378 e. The molecule has 2 aromatic rings. The molecule has 1 heterocycles. The van der Waals surface area contributed by atoms with Gasteiger partial charge in [0.25, 0.3) is 0 Å². The van der Waals surface area contributed by atoms with Gasteiger partial charge in [0.15, 0.2) is 0 Å². The van der Waals surface area contributed by atoms with E-state index in [4.69, 9.17) is 4.74 Å². The summed E-state index contributed by atoms with van der Waals surface area (Å²) in [4.78, 5) is 0.247. The predicted octanol–water partition coefficient (Wildman–Crippen LogP) is 2.22. The fourth-order valence-electron chi connectivity index (χ4n) is 2.66. The van der Waals surface area contributed by atoms with Crippen LogP contribution < -0.4 is 4.72 Å². The zero-order valence-corrected chi connectivity index (χ0v) is 15.6. The minimum atomic E-state index is -3.54. The number of nitrogens with zero attached hydrogens (tertiary/aromatic N) is 2. The van der Waals surface area contributed by atoms with Crippen molar-refractivity contribution in [1.29, 1.82) is 0 Å². The van der Waals surface area contributed by atoms with Gasteiger partial charge in [-0.15, -0.1) is 0 Å². The number of hydrogen-bond donors (Lipinski definition) is 1. The van der Waals surface area contributed by atoms with Crippen LogP contribution in [-0.4, -0.2) is 45.4 Å². The maximum absolute atomic E-state index is 12.4. The smallest absolute Gasteiger partial charge is 0.240 e. The molecule has 0 radical (unpaired) electrons. The molecule has 26 heavy (non-hydrogen) atoms. The van der Waals surface area contributed by atoms with Crippen LogP contribution in [0.25, 0.3) is 0 Å². The third kappa shape index (κ3) is 4.91. The molecule has 138 valence electrons. The summed E-state index contributed by atoms with van der Waals surface area (Å²) in [6.07, 6.45) is 0. The number of nitrogens with one attached hydrogen (secondary N) is 1. The molecule has 1 fully saturated rings. The molecule has 1 saturated heterocycles. The molecule has 2 aromatic carbocycles. The van der Waals surface area contributed by atoms with Gasteiger partial charge in [-0.1, -0.05) is 42.5 Å². The highest BCUT2D eigenvalue weighted by molar-refractivity contribution is 7.89. The van der Waals surface area contributed by atoms with Gasteiger partial charge in [-0.25, -0.2) is 13.1 Å². The van der Waals surface area contributed by atoms with E-state index in [1.807, 2.05) is 42.3 Å². The minimum Gasteiger partial charge on any atom is -0.378 e. The van der Waals surface area contributed by atoms with Crippen LogP contribution in [0.4, 0.5) is 0 Å². The van der Waals surface area contributed by atoms with E-state index in [1.54, 1.807) is 24.3 Å². The molecule has 0 atom stereocenters. The second kappa shape index (κ2) is 8.44. The fourth-order valence-corrected chi connectivity index (χ4v) is 3.67. The van der Waals surface area contributed by atoms with Crippen LogP contribution in [0.5, 0.6) is 0 Å². The number of sulfonamides is 1. The van der Waals surface area contributed by atoms with Gasteiger partial charge in [0.2, 0.25) is 10.0 Å². The first kappa shape index (κ1) is 18.6. The lowest BCUT2D eigenvalue weighted by Gasteiger charge is -2.24. The van der Waals surface area contributed by atoms with E-state index >= 15 is 0 Å². The second-order valence-electron chi connectivity index (χ2n) is 6.09. The van der Waals surface area contributed by atoms with Crippen LogP contribution in [-0.2, 0) is 21.3 Å². The summed E-state index contributed by atoms with van der Waals surface area (Å²) < 4.78 is 32.8. The van der Waals surface area contributed by atoms with E-state index in [2.05, 4.69) is 9.82 Å². The number of benzene rings is 2. The Bertz CT molecular complexity index is 843. The van der Waals surface area contributed by atoms with Gasteiger partial charge in [0.05, 0.1) is 36.9 Å². The van der Waals surface area contributed by atoms with Crippen LogP contribution >= 0.6 is 0 Å². The minimum absolute atomic E-state index is 0.247. The lowest BCUT2D eigenvalue weighted by molar-refractivity contribution is 0.0393. The summed E-state index contributed by atoms with van der Waals surface area (Å²) in [5.74, 6) is 0. The van der Waals surface area contributed by atoms with Gasteiger partial charge in [0.1, 0.15) is 0 Å². The lowest BCUT2D eigenvalue weighted by atomic mass is 10.1. The molecule has 0 spiro atoms. The first-order valence-corrected chi connectivity index (χ1v) is 10.0. The van der Waals surface area contributed by atoms with Crippen molar-refractivity contribution >= 4 is 15.7 Å². The Kier molecular flexibility index (Phi) is 6.03. The van der Waals surface area contributed by atoms with Crippen LogP contribution in [0.3, 0.4) is 0 Å². The normalized spacial score (nSPS) is 15.9. The second-order valence-corrected chi connectivity index (χ2v) is 7.85. The standard InChI is InChI=1S/C19H23N3O3S/c1-16(21-22-11-13-25-14-12-22)18-7-9-19(10-8-18)26(23,24)20-15-17-5-3-2-4-6-17/h2-10,20H,11-15H2,1H3/b21-16+. The maximum Gasteiger partial charge on any atom is 0.240 e. The summed E-state index contributed by atoms with van der Waals surface area (Å²) in [6.45, 7) is 5.09. The van der Waals surface area contributed by atoms with Gasteiger partial charge >= 0.3 is 0 Å². The van der Waals surface area contributed by atoms with Crippen molar-refractivity contribution in [2.45, 2.75) is 18.4 Å². The van der Waals surface area contributed by atoms with Crippen molar-refractivity contribution in [2.75, 3.05) is 26.3 Å². The number of rotatable bonds is 6. The Labute approximate surface area is 154 Å². The van der Waals surface area contributed by atoms with E-state index < -0.39 is 10.0 Å². The number of hydrazone groups is 1. The molecule has 0 aromatic heterocycles. The Balaban J connectivity index is 1.66. The lowest BCUT2D eigenvalue weighted by Crippen LogP contribution is -2.33. The Morgan fingerprint density at radius 1 is 1.08 bits per heavy atom. The molecule has 0 bridgehead atoms. The van der Waals surface area contributed by atoms with E-state index in [0.717, 1.165) is 29.9 Å². The summed E-state index contributed by atoms with van der Waals surface area (Å²) in [7, 11) is -3.54. The Morgan fingerprint density at radius 3 is 2.38 bits per heavy atom. The SMILES string of the molecule is C/C(=N\N1CCOCC1)c1ccc(S(=O)(=O)NCc2ccccc2)cc1. The zero-order chi connectivity index (χ0) is 18.4. The molecule has 1 aliphatic rings. The highest BCUT2D eigenvalue weighted by Gasteiger charge is 2.14. The summed E-state index contributed by atoms with van der Waals surface area (Å²) in [5, 5.41) is 6.56. The van der Waals surface area contributed by atoms with Gasteiger partial charge in [-0.05, 0) is 30.2 Å². The molecular formula is C19H23N3O3S. The fraction of sp³-hybridized carbons (Fsp3) is 0.316. The molecule has 1 aliphatic heterocycles. The van der Waals surface area contributed by atoms with E-state index in [-0.39, 0.29) is 11.4 Å². The number of ether oxygens (including phenoxy) is 1. The van der Waals surface area contributed by atoms with Crippen LogP contribution in [0.2, 0.25) is 0 Å². The van der Waals surface area contributed by atoms with E-state index in [0.29, 0.717) is 13.2 Å². The van der Waals surface area contributed by atoms with Crippen LogP contribution in [0.15, 0.2) is 64.6 Å². The molecule has 0 saturated carbocycles. The van der Waals surface area contributed by atoms with Gasteiger partial charge in [-0.3, -0.25) is 5.01 Å². The highest BCUT2D eigenvalue weighted by atomic mass is 32.2. The van der Waals surface area contributed by atoms with Crippen molar-refractivity contribution in [3.63, 3.8) is 0 Å². The van der Waals surface area contributed by atoms with Crippen molar-refractivity contribution < 1.29 is 13.2 Å². The highest BCUT2D eigenvalue weighted by Crippen LogP contribution is 2.13. The van der Waals surface area contributed by atoms with Gasteiger partial charge < -0.3 is 4.74 Å². The molecule has 0 unspecified atom stereocenters. The van der Waals surface area contributed by atoms with Crippen molar-refractivity contribution in [2.24, 2.45) is 5.10 Å². The molecule has 0 aliphatic carbocycles. The van der Waals surface area contributed by atoms with Crippen LogP contribution in [0, 0.1) is 0 Å². The number of morpholine rings is 1.